The quantitative estimate of drug-likeness (QED) is 0.773. The molecule has 0 aliphatic heterocycles. The van der Waals surface area contributed by atoms with E-state index in [9.17, 15) is 0 Å². The van der Waals surface area contributed by atoms with Gasteiger partial charge >= 0.3 is 0 Å². The number of methoxy groups -OCH3 is 2. The van der Waals surface area contributed by atoms with Crippen molar-refractivity contribution in [2.45, 2.75) is 6.54 Å². The summed E-state index contributed by atoms with van der Waals surface area (Å²) in [5.41, 5.74) is 8.18. The van der Waals surface area contributed by atoms with Gasteiger partial charge in [0.2, 0.25) is 5.13 Å². The summed E-state index contributed by atoms with van der Waals surface area (Å²) in [4.78, 5) is 4.28. The number of nitrogens with two attached hydrogens (primary N) is 1. The number of thiazole rings is 1. The van der Waals surface area contributed by atoms with Gasteiger partial charge in [0.1, 0.15) is 11.4 Å². The molecule has 3 rings (SSSR count). The average molecular weight is 317 g/mol. The molecule has 0 unspecified atom stereocenters. The van der Waals surface area contributed by atoms with Crippen molar-refractivity contribution in [2.24, 2.45) is 5.73 Å². The van der Waals surface area contributed by atoms with Crippen LogP contribution in [-0.2, 0) is 6.54 Å². The molecule has 0 amide bonds. The molecule has 0 atom stereocenters. The molecule has 1 aromatic carbocycles. The summed E-state index contributed by atoms with van der Waals surface area (Å²) in [7, 11) is 3.20. The van der Waals surface area contributed by atoms with Crippen molar-refractivity contribution < 1.29 is 9.47 Å². The summed E-state index contributed by atoms with van der Waals surface area (Å²) in [5.74, 6) is 1.30. The van der Waals surface area contributed by atoms with E-state index in [4.69, 9.17) is 15.2 Å². The minimum Gasteiger partial charge on any atom is -0.493 e. The molecule has 2 aromatic heterocycles. The number of nitrogens with zero attached hydrogens (tertiary/aromatic N) is 4. The first kappa shape index (κ1) is 14.5. The van der Waals surface area contributed by atoms with E-state index in [1.165, 1.54) is 11.3 Å². The zero-order chi connectivity index (χ0) is 15.5. The highest BCUT2D eigenvalue weighted by molar-refractivity contribution is 7.12. The zero-order valence-electron chi connectivity index (χ0n) is 12.2. The van der Waals surface area contributed by atoms with E-state index in [2.05, 4.69) is 15.3 Å². The number of ether oxygens (including phenoxy) is 2. The van der Waals surface area contributed by atoms with Crippen LogP contribution >= 0.6 is 11.3 Å². The predicted molar refractivity (Wildman–Crippen MR) is 83.5 cm³/mol. The molecule has 2 heterocycles. The Hall–Kier alpha value is -2.45. The van der Waals surface area contributed by atoms with Crippen LogP contribution in [0.15, 0.2) is 29.8 Å². The largest absolute Gasteiger partial charge is 0.493 e. The second kappa shape index (κ2) is 6.12. The molecule has 2 N–H and O–H groups in total. The van der Waals surface area contributed by atoms with E-state index in [-0.39, 0.29) is 6.54 Å². The average Bonchev–Trinajstić information content (AvgIpc) is 3.22. The normalized spacial score (nSPS) is 10.7. The second-order valence-electron chi connectivity index (χ2n) is 4.39. The Morgan fingerprint density at radius 2 is 2.05 bits per heavy atom. The Kier molecular flexibility index (Phi) is 4.03. The van der Waals surface area contributed by atoms with Crippen LogP contribution in [-0.4, -0.2) is 34.2 Å². The second-order valence-corrected chi connectivity index (χ2v) is 5.26. The van der Waals surface area contributed by atoms with Crippen molar-refractivity contribution in [1.29, 1.82) is 0 Å². The van der Waals surface area contributed by atoms with Crippen molar-refractivity contribution in [1.82, 2.24) is 20.0 Å². The zero-order valence-corrected chi connectivity index (χ0v) is 13.0. The predicted octanol–water partition coefficient (Wildman–Crippen LogP) is 1.87. The molecule has 8 heteroatoms. The third-order valence-electron chi connectivity index (χ3n) is 3.19. The third-order valence-corrected chi connectivity index (χ3v) is 3.94. The lowest BCUT2D eigenvalue weighted by Gasteiger charge is -2.10. The van der Waals surface area contributed by atoms with Crippen molar-refractivity contribution in [3.8, 4) is 27.9 Å². The van der Waals surface area contributed by atoms with Gasteiger partial charge < -0.3 is 15.2 Å². The maximum atomic E-state index is 5.79. The Morgan fingerprint density at radius 1 is 1.23 bits per heavy atom. The number of hydrogen-bond acceptors (Lipinski definition) is 7. The maximum Gasteiger partial charge on any atom is 0.212 e. The topological polar surface area (TPSA) is 88.1 Å². The van der Waals surface area contributed by atoms with Crippen molar-refractivity contribution in [3.05, 3.63) is 35.5 Å². The molecule has 0 fully saturated rings. The van der Waals surface area contributed by atoms with Gasteiger partial charge in [0.05, 0.1) is 14.2 Å². The molecule has 3 aromatic rings. The van der Waals surface area contributed by atoms with Gasteiger partial charge in [-0.05, 0) is 18.2 Å². The van der Waals surface area contributed by atoms with Crippen LogP contribution in [0.1, 0.15) is 5.69 Å². The first-order valence-corrected chi connectivity index (χ1v) is 7.43. The van der Waals surface area contributed by atoms with Crippen LogP contribution in [0, 0.1) is 0 Å². The van der Waals surface area contributed by atoms with Gasteiger partial charge in [-0.15, -0.1) is 16.4 Å². The van der Waals surface area contributed by atoms with Crippen molar-refractivity contribution in [2.75, 3.05) is 14.2 Å². The van der Waals surface area contributed by atoms with Gasteiger partial charge in [-0.1, -0.05) is 5.21 Å². The van der Waals surface area contributed by atoms with Crippen molar-refractivity contribution >= 4 is 11.3 Å². The van der Waals surface area contributed by atoms with Gasteiger partial charge in [-0.25, -0.2) is 4.98 Å². The Balaban J connectivity index is 2.17. The molecule has 0 saturated carbocycles. The number of hydrogen-bond donors (Lipinski definition) is 1. The first-order chi connectivity index (χ1) is 10.8. The highest BCUT2D eigenvalue weighted by Gasteiger charge is 2.18. The number of rotatable bonds is 5. The highest BCUT2D eigenvalue weighted by atomic mass is 32.1. The summed E-state index contributed by atoms with van der Waals surface area (Å²) in [6.07, 6.45) is 1.72. The van der Waals surface area contributed by atoms with E-state index >= 15 is 0 Å². The van der Waals surface area contributed by atoms with Crippen LogP contribution in [0.5, 0.6) is 11.5 Å². The fraction of sp³-hybridized carbons (Fsp3) is 0.214. The molecular weight excluding hydrogens is 302 g/mol. The van der Waals surface area contributed by atoms with Crippen molar-refractivity contribution in [3.63, 3.8) is 0 Å². The van der Waals surface area contributed by atoms with E-state index < -0.39 is 0 Å². The van der Waals surface area contributed by atoms with Crippen LogP contribution in [0.25, 0.3) is 16.4 Å². The molecule has 22 heavy (non-hydrogen) atoms. The lowest BCUT2D eigenvalue weighted by molar-refractivity contribution is 0.355. The molecule has 114 valence electrons. The minimum atomic E-state index is 0.287. The third kappa shape index (κ3) is 2.42. The summed E-state index contributed by atoms with van der Waals surface area (Å²) >= 11 is 1.48. The van der Waals surface area contributed by atoms with Gasteiger partial charge in [0.25, 0.3) is 0 Å². The summed E-state index contributed by atoms with van der Waals surface area (Å²) in [6.45, 7) is 0.287. The monoisotopic (exact) mass is 317 g/mol. The summed E-state index contributed by atoms with van der Waals surface area (Å²) in [5, 5.41) is 10.9. The van der Waals surface area contributed by atoms with Crippen LogP contribution in [0.3, 0.4) is 0 Å². The van der Waals surface area contributed by atoms with Gasteiger partial charge in [0, 0.05) is 23.7 Å². The molecule has 0 aliphatic rings. The van der Waals surface area contributed by atoms with Gasteiger partial charge in [-0.2, -0.15) is 4.68 Å². The molecule has 7 nitrogen and oxygen atoms in total. The van der Waals surface area contributed by atoms with E-state index in [0.29, 0.717) is 17.2 Å². The Morgan fingerprint density at radius 3 is 2.68 bits per heavy atom. The number of aromatic nitrogens is 4. The molecule has 0 radical (unpaired) electrons. The highest BCUT2D eigenvalue weighted by Crippen LogP contribution is 2.34. The van der Waals surface area contributed by atoms with Crippen LogP contribution in [0.4, 0.5) is 0 Å². The minimum absolute atomic E-state index is 0.287. The summed E-state index contributed by atoms with van der Waals surface area (Å²) < 4.78 is 12.3. The lowest BCUT2D eigenvalue weighted by Crippen LogP contribution is -2.02. The molecular formula is C14H15N5O2S. The van der Waals surface area contributed by atoms with Gasteiger partial charge in [-0.3, -0.25) is 0 Å². The standard InChI is InChI=1S/C14H15N5O2S/c1-20-11-4-3-9(7-12(11)21-2)13-10(8-15)17-18-19(13)14-16-5-6-22-14/h3-7H,8,15H2,1-2H3. The maximum absolute atomic E-state index is 5.79. The van der Waals surface area contributed by atoms with Gasteiger partial charge in [0.15, 0.2) is 11.5 Å². The number of benzene rings is 1. The Labute approximate surface area is 131 Å². The molecule has 0 spiro atoms. The van der Waals surface area contributed by atoms with Crippen LogP contribution < -0.4 is 15.2 Å². The van der Waals surface area contributed by atoms with E-state index in [1.54, 1.807) is 25.1 Å². The molecule has 0 bridgehead atoms. The summed E-state index contributed by atoms with van der Waals surface area (Å²) in [6, 6.07) is 5.64. The van der Waals surface area contributed by atoms with E-state index in [0.717, 1.165) is 16.4 Å². The van der Waals surface area contributed by atoms with Crippen LogP contribution in [0.2, 0.25) is 0 Å². The van der Waals surface area contributed by atoms with E-state index in [1.807, 2.05) is 23.6 Å². The fourth-order valence-electron chi connectivity index (χ4n) is 2.18. The SMILES string of the molecule is COc1ccc(-c2c(CN)nnn2-c2nccs2)cc1OC. The fourth-order valence-corrected chi connectivity index (χ4v) is 2.77. The smallest absolute Gasteiger partial charge is 0.212 e. The lowest BCUT2D eigenvalue weighted by atomic mass is 10.1. The molecule has 0 saturated heterocycles. The first-order valence-electron chi connectivity index (χ1n) is 6.55. The molecule has 0 aliphatic carbocycles. The Bertz CT molecular complexity index is 770.